The molecule has 0 spiro atoms. The summed E-state index contributed by atoms with van der Waals surface area (Å²) in [6.45, 7) is 6.61. The Morgan fingerprint density at radius 1 is 0.971 bits per heavy atom. The van der Waals surface area contributed by atoms with Crippen LogP contribution in [0.5, 0.6) is 11.5 Å². The first-order valence-corrected chi connectivity index (χ1v) is 11.8. The second-order valence-electron chi connectivity index (χ2n) is 8.81. The zero-order valence-corrected chi connectivity index (χ0v) is 19.9. The fourth-order valence-corrected chi connectivity index (χ4v) is 4.50. The van der Waals surface area contributed by atoms with E-state index in [-0.39, 0.29) is 25.0 Å². The molecular formula is C26H29N5O4. The number of carbonyl (C=O) groups excluding carboxylic acids is 2. The molecule has 0 radical (unpaired) electrons. The van der Waals surface area contributed by atoms with Gasteiger partial charge in [0.15, 0.2) is 11.5 Å². The zero-order valence-electron chi connectivity index (χ0n) is 19.9. The van der Waals surface area contributed by atoms with Crippen molar-refractivity contribution in [3.8, 4) is 17.2 Å². The molecule has 2 amide bonds. The molecule has 9 nitrogen and oxygen atoms in total. The largest absolute Gasteiger partial charge is 0.485 e. The van der Waals surface area contributed by atoms with Crippen LogP contribution in [0.2, 0.25) is 0 Å². The van der Waals surface area contributed by atoms with Gasteiger partial charge in [0.1, 0.15) is 6.61 Å². The zero-order chi connectivity index (χ0) is 24.4. The van der Waals surface area contributed by atoms with Gasteiger partial charge in [0.2, 0.25) is 12.0 Å². The maximum Gasteiger partial charge on any atom is 0.267 e. The lowest BCUT2D eigenvalue weighted by molar-refractivity contribution is -0.143. The number of hydrogen-bond donors (Lipinski definition) is 1. The minimum Gasteiger partial charge on any atom is -0.485 e. The highest BCUT2D eigenvalue weighted by atomic mass is 16.6. The minimum atomic E-state index is -0.646. The molecule has 3 aromatic rings. The number of piperazine rings is 1. The van der Waals surface area contributed by atoms with E-state index in [9.17, 15) is 9.59 Å². The van der Waals surface area contributed by atoms with Crippen LogP contribution in [0.4, 0.5) is 5.69 Å². The van der Waals surface area contributed by atoms with Gasteiger partial charge in [-0.1, -0.05) is 30.3 Å². The fourth-order valence-electron chi connectivity index (χ4n) is 4.50. The van der Waals surface area contributed by atoms with E-state index in [1.54, 1.807) is 11.0 Å². The third-order valence-corrected chi connectivity index (χ3v) is 6.39. The van der Waals surface area contributed by atoms with Crippen LogP contribution in [0.25, 0.3) is 5.69 Å². The van der Waals surface area contributed by atoms with Crippen LogP contribution in [0, 0.1) is 13.8 Å². The second-order valence-corrected chi connectivity index (χ2v) is 8.81. The first-order valence-electron chi connectivity index (χ1n) is 11.8. The van der Waals surface area contributed by atoms with Gasteiger partial charge >= 0.3 is 0 Å². The molecule has 182 valence electrons. The summed E-state index contributed by atoms with van der Waals surface area (Å²) in [5.74, 6) is 1.08. The third kappa shape index (κ3) is 4.85. The first-order chi connectivity index (χ1) is 17.0. The van der Waals surface area contributed by atoms with Gasteiger partial charge in [-0.3, -0.25) is 14.5 Å². The van der Waals surface area contributed by atoms with Crippen molar-refractivity contribution in [3.63, 3.8) is 0 Å². The number of benzene rings is 2. The SMILES string of the molecule is Cc1nn(-c2ccccc2)c(C)c1NC(=O)CN1CCN(C(=O)[C@H]2COc3ccccc3O2)CC1. The van der Waals surface area contributed by atoms with Gasteiger partial charge < -0.3 is 19.7 Å². The predicted molar refractivity (Wildman–Crippen MR) is 131 cm³/mol. The monoisotopic (exact) mass is 475 g/mol. The van der Waals surface area contributed by atoms with Crippen molar-refractivity contribution in [3.05, 3.63) is 66.0 Å². The summed E-state index contributed by atoms with van der Waals surface area (Å²) >= 11 is 0. The number of aromatic nitrogens is 2. The molecule has 0 unspecified atom stereocenters. The van der Waals surface area contributed by atoms with E-state index in [1.807, 2.05) is 67.1 Å². The third-order valence-electron chi connectivity index (χ3n) is 6.39. The number of fused-ring (bicyclic) bond motifs is 1. The maximum atomic E-state index is 12.9. The molecule has 2 aromatic carbocycles. The van der Waals surface area contributed by atoms with E-state index in [4.69, 9.17) is 9.47 Å². The van der Waals surface area contributed by atoms with Gasteiger partial charge in [-0.05, 0) is 38.1 Å². The smallest absolute Gasteiger partial charge is 0.267 e. The Balaban J connectivity index is 1.13. The standard InChI is InChI=1S/C26H29N5O4/c1-18-25(19(2)31(28-18)20-8-4-3-5-9-20)27-24(32)16-29-12-14-30(15-13-29)26(33)23-17-34-21-10-6-7-11-22(21)35-23/h3-11,23H,12-17H2,1-2H3,(H,27,32)/t23-/m1/s1. The van der Waals surface area contributed by atoms with Gasteiger partial charge in [0, 0.05) is 26.2 Å². The van der Waals surface area contributed by atoms with Gasteiger partial charge in [0.25, 0.3) is 5.91 Å². The Hall–Kier alpha value is -3.85. The van der Waals surface area contributed by atoms with Crippen molar-refractivity contribution in [2.45, 2.75) is 20.0 Å². The Labute approximate surface area is 204 Å². The normalized spacial score (nSPS) is 17.8. The fraction of sp³-hybridized carbons (Fsp3) is 0.346. The molecule has 0 bridgehead atoms. The predicted octanol–water partition coefficient (Wildman–Crippen LogP) is 2.41. The van der Waals surface area contributed by atoms with E-state index in [1.165, 1.54) is 0 Å². The first kappa shape index (κ1) is 22.9. The molecule has 0 saturated carbocycles. The topological polar surface area (TPSA) is 88.9 Å². The van der Waals surface area contributed by atoms with Crippen LogP contribution in [0.15, 0.2) is 54.6 Å². The molecular weight excluding hydrogens is 446 g/mol. The highest BCUT2D eigenvalue weighted by molar-refractivity contribution is 5.93. The number of ether oxygens (including phenoxy) is 2. The van der Waals surface area contributed by atoms with Crippen molar-refractivity contribution in [2.24, 2.45) is 0 Å². The number of rotatable bonds is 5. The molecule has 35 heavy (non-hydrogen) atoms. The lowest BCUT2D eigenvalue weighted by atomic mass is 10.2. The average Bonchev–Trinajstić information content (AvgIpc) is 3.17. The number of nitrogens with zero attached hydrogens (tertiary/aromatic N) is 4. The minimum absolute atomic E-state index is 0.0804. The Bertz CT molecular complexity index is 1220. The second kappa shape index (κ2) is 9.79. The highest BCUT2D eigenvalue weighted by Crippen LogP contribution is 2.31. The molecule has 1 atom stereocenters. The number of para-hydroxylation sites is 3. The van der Waals surface area contributed by atoms with E-state index in [0.29, 0.717) is 37.7 Å². The van der Waals surface area contributed by atoms with Gasteiger partial charge in [-0.2, -0.15) is 5.10 Å². The summed E-state index contributed by atoms with van der Waals surface area (Å²) in [5.41, 5.74) is 3.34. The molecule has 2 aliphatic heterocycles. The van der Waals surface area contributed by atoms with Crippen molar-refractivity contribution >= 4 is 17.5 Å². The van der Waals surface area contributed by atoms with E-state index in [0.717, 1.165) is 22.8 Å². The Morgan fingerprint density at radius 3 is 2.40 bits per heavy atom. The van der Waals surface area contributed by atoms with Crippen LogP contribution >= 0.6 is 0 Å². The molecule has 1 fully saturated rings. The summed E-state index contributed by atoms with van der Waals surface area (Å²) in [5, 5.41) is 7.62. The van der Waals surface area contributed by atoms with Gasteiger partial charge in [0.05, 0.1) is 29.3 Å². The number of amides is 2. The lowest BCUT2D eigenvalue weighted by Crippen LogP contribution is -2.54. The molecule has 9 heteroatoms. The highest BCUT2D eigenvalue weighted by Gasteiger charge is 2.33. The summed E-state index contributed by atoms with van der Waals surface area (Å²) in [4.78, 5) is 29.6. The molecule has 2 aliphatic rings. The molecule has 1 saturated heterocycles. The van der Waals surface area contributed by atoms with Crippen LogP contribution in [0.3, 0.4) is 0 Å². The van der Waals surface area contributed by atoms with Crippen molar-refractivity contribution in [2.75, 3.05) is 44.6 Å². The molecule has 1 N–H and O–H groups in total. The number of nitrogens with one attached hydrogen (secondary N) is 1. The summed E-state index contributed by atoms with van der Waals surface area (Å²) in [6, 6.07) is 17.2. The molecule has 5 rings (SSSR count). The van der Waals surface area contributed by atoms with Crippen LogP contribution < -0.4 is 14.8 Å². The van der Waals surface area contributed by atoms with E-state index < -0.39 is 6.10 Å². The van der Waals surface area contributed by atoms with E-state index >= 15 is 0 Å². The van der Waals surface area contributed by atoms with Crippen LogP contribution in [-0.2, 0) is 9.59 Å². The van der Waals surface area contributed by atoms with Gasteiger partial charge in [-0.15, -0.1) is 0 Å². The van der Waals surface area contributed by atoms with Crippen LogP contribution in [0.1, 0.15) is 11.4 Å². The number of anilines is 1. The molecule has 1 aromatic heterocycles. The van der Waals surface area contributed by atoms with Crippen molar-refractivity contribution in [1.82, 2.24) is 19.6 Å². The van der Waals surface area contributed by atoms with Crippen molar-refractivity contribution < 1.29 is 19.1 Å². The number of carbonyl (C=O) groups is 2. The maximum absolute atomic E-state index is 12.9. The molecule has 0 aliphatic carbocycles. The summed E-state index contributed by atoms with van der Waals surface area (Å²) < 4.78 is 13.4. The molecule has 3 heterocycles. The average molecular weight is 476 g/mol. The van der Waals surface area contributed by atoms with Crippen molar-refractivity contribution in [1.29, 1.82) is 0 Å². The van der Waals surface area contributed by atoms with E-state index in [2.05, 4.69) is 15.3 Å². The number of aryl methyl sites for hydroxylation is 1. The number of hydrogen-bond acceptors (Lipinski definition) is 6. The summed E-state index contributed by atoms with van der Waals surface area (Å²) in [7, 11) is 0. The quantitative estimate of drug-likeness (QED) is 0.610. The summed E-state index contributed by atoms with van der Waals surface area (Å²) in [6.07, 6.45) is -0.646. The van der Waals surface area contributed by atoms with Crippen LogP contribution in [-0.4, -0.2) is 76.8 Å². The Kier molecular flexibility index (Phi) is 6.41. The Morgan fingerprint density at radius 2 is 1.66 bits per heavy atom. The lowest BCUT2D eigenvalue weighted by Gasteiger charge is -2.36. The van der Waals surface area contributed by atoms with Gasteiger partial charge in [-0.25, -0.2) is 4.68 Å².